The Morgan fingerprint density at radius 3 is 3.00 bits per heavy atom. The smallest absolute Gasteiger partial charge is 0.251 e. The first kappa shape index (κ1) is 16.6. The van der Waals surface area contributed by atoms with E-state index in [4.69, 9.17) is 5.73 Å². The number of aromatic nitrogens is 1. The number of hydrogen-bond donors (Lipinski definition) is 2. The van der Waals surface area contributed by atoms with Crippen molar-refractivity contribution in [2.75, 3.05) is 6.54 Å². The molecule has 5 nitrogen and oxygen atoms in total. The lowest BCUT2D eigenvalue weighted by Gasteiger charge is -2.04. The number of carbonyl (C=O) groups excluding carboxylic acids is 1. The van der Waals surface area contributed by atoms with Gasteiger partial charge in [-0.1, -0.05) is 19.9 Å². The number of pyridine rings is 1. The Labute approximate surface area is 125 Å². The number of nitrogens with zero attached hydrogens (tertiary/aromatic N) is 2. The summed E-state index contributed by atoms with van der Waals surface area (Å²) in [5.41, 5.74) is 7.82. The summed E-state index contributed by atoms with van der Waals surface area (Å²) in [6, 6.07) is 3.53. The van der Waals surface area contributed by atoms with Crippen molar-refractivity contribution in [1.29, 1.82) is 0 Å². The molecule has 112 valence electrons. The summed E-state index contributed by atoms with van der Waals surface area (Å²) in [5.74, 6) is 0.230. The van der Waals surface area contributed by atoms with Crippen molar-refractivity contribution in [3.05, 3.63) is 54.0 Å². The van der Waals surface area contributed by atoms with E-state index in [9.17, 15) is 4.79 Å². The fourth-order valence-electron chi connectivity index (χ4n) is 1.70. The molecule has 0 fully saturated rings. The van der Waals surface area contributed by atoms with Crippen LogP contribution in [-0.4, -0.2) is 23.3 Å². The summed E-state index contributed by atoms with van der Waals surface area (Å²) in [7, 11) is 0. The standard InChI is InChI=1S/C16H22N4O/c1-4-6-14-11-13(8-10-18-14)16(21)19-9-7-12(3)20-15(17)5-2/h5,7-8,10-11H,2,4,6,9H2,1,3H3,(H2,17,20)(H,19,21)/b12-7+. The summed E-state index contributed by atoms with van der Waals surface area (Å²) in [5, 5.41) is 2.81. The number of aliphatic imine (C=N–C) groups is 1. The second-order valence-electron chi connectivity index (χ2n) is 4.58. The van der Waals surface area contributed by atoms with Crippen molar-refractivity contribution < 1.29 is 4.79 Å². The second-order valence-corrected chi connectivity index (χ2v) is 4.58. The molecule has 1 rings (SSSR count). The van der Waals surface area contributed by atoms with Crippen LogP contribution in [0.25, 0.3) is 0 Å². The zero-order valence-corrected chi connectivity index (χ0v) is 12.6. The molecule has 0 radical (unpaired) electrons. The molecule has 0 aliphatic heterocycles. The summed E-state index contributed by atoms with van der Waals surface area (Å²) in [6.07, 6.45) is 6.80. The fraction of sp³-hybridized carbons (Fsp3) is 0.312. The number of amides is 1. The minimum Gasteiger partial charge on any atom is -0.384 e. The average molecular weight is 286 g/mol. The molecule has 3 N–H and O–H groups in total. The first-order valence-corrected chi connectivity index (χ1v) is 6.93. The number of allylic oxidation sites excluding steroid dienone is 1. The molecule has 1 amide bonds. The van der Waals surface area contributed by atoms with Gasteiger partial charge in [-0.3, -0.25) is 9.78 Å². The number of rotatable bonds is 7. The number of hydrogen-bond acceptors (Lipinski definition) is 3. The number of aryl methyl sites for hydroxylation is 1. The van der Waals surface area contributed by atoms with Crippen molar-refractivity contribution in [3.8, 4) is 0 Å². The zero-order chi connectivity index (χ0) is 15.7. The van der Waals surface area contributed by atoms with Crippen LogP contribution in [0, 0.1) is 0 Å². The average Bonchev–Trinajstić information content (AvgIpc) is 2.47. The van der Waals surface area contributed by atoms with Gasteiger partial charge in [-0.2, -0.15) is 0 Å². The van der Waals surface area contributed by atoms with Gasteiger partial charge in [0.05, 0.1) is 0 Å². The molecule has 0 spiro atoms. The molecule has 0 bridgehead atoms. The van der Waals surface area contributed by atoms with Crippen LogP contribution in [0.3, 0.4) is 0 Å². The summed E-state index contributed by atoms with van der Waals surface area (Å²) < 4.78 is 0. The number of carbonyl (C=O) groups is 1. The van der Waals surface area contributed by atoms with Gasteiger partial charge in [0.25, 0.3) is 5.91 Å². The molecule has 5 heteroatoms. The highest BCUT2D eigenvalue weighted by Gasteiger charge is 2.05. The first-order valence-electron chi connectivity index (χ1n) is 6.93. The minimum absolute atomic E-state index is 0.125. The molecular weight excluding hydrogens is 264 g/mol. The van der Waals surface area contributed by atoms with E-state index < -0.39 is 0 Å². The fourth-order valence-corrected chi connectivity index (χ4v) is 1.70. The normalized spacial score (nSPS) is 12.1. The molecule has 0 aliphatic rings. The predicted octanol–water partition coefficient (Wildman–Crippen LogP) is 2.21. The minimum atomic E-state index is -0.125. The van der Waals surface area contributed by atoms with E-state index in [0.29, 0.717) is 17.9 Å². The lowest BCUT2D eigenvalue weighted by Crippen LogP contribution is -2.23. The van der Waals surface area contributed by atoms with Crippen LogP contribution < -0.4 is 11.1 Å². The molecule has 0 saturated carbocycles. The van der Waals surface area contributed by atoms with Gasteiger partial charge >= 0.3 is 0 Å². The van der Waals surface area contributed by atoms with Crippen LogP contribution in [0.2, 0.25) is 0 Å². The summed E-state index contributed by atoms with van der Waals surface area (Å²) in [6.45, 7) is 7.81. The monoisotopic (exact) mass is 286 g/mol. The van der Waals surface area contributed by atoms with Gasteiger partial charge in [-0.05, 0) is 37.6 Å². The van der Waals surface area contributed by atoms with Gasteiger partial charge in [-0.15, -0.1) is 0 Å². The van der Waals surface area contributed by atoms with Gasteiger partial charge in [0.2, 0.25) is 0 Å². The van der Waals surface area contributed by atoms with Crippen LogP contribution in [-0.2, 0) is 6.42 Å². The van der Waals surface area contributed by atoms with E-state index in [2.05, 4.69) is 28.8 Å². The Bertz CT molecular complexity index is 561. The van der Waals surface area contributed by atoms with Crippen LogP contribution in [0.1, 0.15) is 36.3 Å². The van der Waals surface area contributed by atoms with Crippen molar-refractivity contribution in [1.82, 2.24) is 10.3 Å². The Morgan fingerprint density at radius 1 is 1.57 bits per heavy atom. The maximum absolute atomic E-state index is 12.0. The maximum atomic E-state index is 12.0. The number of amidine groups is 1. The highest BCUT2D eigenvalue weighted by molar-refractivity contribution is 5.94. The Morgan fingerprint density at radius 2 is 2.33 bits per heavy atom. The molecule has 1 heterocycles. The molecule has 1 aromatic rings. The molecule has 0 aromatic carbocycles. The van der Waals surface area contributed by atoms with Crippen LogP contribution >= 0.6 is 0 Å². The molecule has 21 heavy (non-hydrogen) atoms. The van der Waals surface area contributed by atoms with E-state index in [-0.39, 0.29) is 5.91 Å². The van der Waals surface area contributed by atoms with Gasteiger partial charge < -0.3 is 11.1 Å². The van der Waals surface area contributed by atoms with Crippen LogP contribution in [0.4, 0.5) is 0 Å². The third-order valence-electron chi connectivity index (χ3n) is 2.76. The lowest BCUT2D eigenvalue weighted by molar-refractivity contribution is 0.0957. The van der Waals surface area contributed by atoms with Crippen molar-refractivity contribution >= 4 is 11.7 Å². The second kappa shape index (κ2) is 8.68. The summed E-state index contributed by atoms with van der Waals surface area (Å²) >= 11 is 0. The van der Waals surface area contributed by atoms with E-state index in [1.165, 1.54) is 6.08 Å². The summed E-state index contributed by atoms with van der Waals surface area (Å²) in [4.78, 5) is 20.3. The number of nitrogens with one attached hydrogen (secondary N) is 1. The topological polar surface area (TPSA) is 80.4 Å². The Kier molecular flexibility index (Phi) is 6.87. The molecular formula is C16H22N4O. The molecule has 0 aliphatic carbocycles. The zero-order valence-electron chi connectivity index (χ0n) is 12.6. The van der Waals surface area contributed by atoms with Crippen molar-refractivity contribution in [3.63, 3.8) is 0 Å². The first-order chi connectivity index (χ1) is 10.1. The van der Waals surface area contributed by atoms with Crippen LogP contribution in [0.5, 0.6) is 0 Å². The maximum Gasteiger partial charge on any atom is 0.251 e. The largest absolute Gasteiger partial charge is 0.384 e. The highest BCUT2D eigenvalue weighted by Crippen LogP contribution is 2.04. The third-order valence-corrected chi connectivity index (χ3v) is 2.76. The van der Waals surface area contributed by atoms with Gasteiger partial charge in [0.15, 0.2) is 0 Å². The lowest BCUT2D eigenvalue weighted by atomic mass is 10.1. The molecule has 0 saturated heterocycles. The van der Waals surface area contributed by atoms with Crippen molar-refractivity contribution in [2.45, 2.75) is 26.7 Å². The molecule has 1 aromatic heterocycles. The Hall–Kier alpha value is -2.43. The van der Waals surface area contributed by atoms with Crippen LogP contribution in [0.15, 0.2) is 47.7 Å². The van der Waals surface area contributed by atoms with Gasteiger partial charge in [-0.25, -0.2) is 4.99 Å². The van der Waals surface area contributed by atoms with Gasteiger partial charge in [0.1, 0.15) is 5.84 Å². The molecule has 0 unspecified atom stereocenters. The van der Waals surface area contributed by atoms with E-state index in [1.807, 2.05) is 13.0 Å². The number of nitrogens with two attached hydrogens (primary N) is 1. The van der Waals surface area contributed by atoms with Crippen molar-refractivity contribution in [2.24, 2.45) is 10.7 Å². The predicted molar refractivity (Wildman–Crippen MR) is 86.1 cm³/mol. The third kappa shape index (κ3) is 6.03. The van der Waals surface area contributed by atoms with E-state index in [0.717, 1.165) is 24.2 Å². The van der Waals surface area contributed by atoms with E-state index in [1.54, 1.807) is 18.3 Å². The highest BCUT2D eigenvalue weighted by atomic mass is 16.1. The Balaban J connectivity index is 2.60. The van der Waals surface area contributed by atoms with Gasteiger partial charge in [0, 0.05) is 29.7 Å². The van der Waals surface area contributed by atoms with E-state index >= 15 is 0 Å². The SMILES string of the molecule is C=C/C(N)=N\C(C)=C\CNC(=O)c1ccnc(CCC)c1. The molecule has 0 atom stereocenters. The quantitative estimate of drug-likeness (QED) is 0.595.